The van der Waals surface area contributed by atoms with Crippen molar-refractivity contribution in [1.82, 2.24) is 10.0 Å². The molecule has 0 aromatic carbocycles. The minimum Gasteiger partial charge on any atom is -0.481 e. The van der Waals surface area contributed by atoms with Crippen LogP contribution in [0.1, 0.15) is 23.9 Å². The van der Waals surface area contributed by atoms with E-state index < -0.39 is 21.9 Å². The van der Waals surface area contributed by atoms with E-state index in [2.05, 4.69) is 10.0 Å². The van der Waals surface area contributed by atoms with E-state index in [1.165, 1.54) is 19.2 Å². The second-order valence-corrected chi connectivity index (χ2v) is 6.06. The van der Waals surface area contributed by atoms with E-state index in [0.29, 0.717) is 0 Å². The van der Waals surface area contributed by atoms with Crippen LogP contribution in [-0.4, -0.2) is 39.0 Å². The van der Waals surface area contributed by atoms with Crippen molar-refractivity contribution in [2.75, 3.05) is 13.6 Å². The number of carboxylic acid groups (broad SMARTS) is 1. The molecule has 0 saturated heterocycles. The molecule has 0 aliphatic carbocycles. The number of sulfonamides is 1. The average Bonchev–Trinajstić information content (AvgIpc) is 2.85. The summed E-state index contributed by atoms with van der Waals surface area (Å²) in [6, 6.07) is 2.41. The van der Waals surface area contributed by atoms with Crippen molar-refractivity contribution in [2.24, 2.45) is 5.92 Å². The number of carbonyl (C=O) groups excluding carboxylic acids is 1. The summed E-state index contributed by atoms with van der Waals surface area (Å²) < 4.78 is 29.8. The fraction of sp³-hybridized carbons (Fsp3) is 0.455. The third kappa shape index (κ3) is 4.35. The van der Waals surface area contributed by atoms with E-state index in [9.17, 15) is 18.0 Å². The number of nitrogens with one attached hydrogen (secondary N) is 2. The van der Waals surface area contributed by atoms with E-state index >= 15 is 0 Å². The Kier molecular flexibility index (Phi) is 5.28. The standard InChI is InChI=1S/C11H16N2O6S/c1-7(5-9(14)15)6-13-11(16)8-3-4-10(19-8)20(17,18)12-2/h3-4,7,12H,5-6H2,1-2H3,(H,13,16)(H,14,15). The highest BCUT2D eigenvalue weighted by Crippen LogP contribution is 2.13. The fourth-order valence-electron chi connectivity index (χ4n) is 1.41. The Hall–Kier alpha value is -1.87. The third-order valence-corrected chi connectivity index (χ3v) is 3.76. The lowest BCUT2D eigenvalue weighted by atomic mass is 10.1. The lowest BCUT2D eigenvalue weighted by Crippen LogP contribution is -2.29. The predicted molar refractivity (Wildman–Crippen MR) is 68.7 cm³/mol. The van der Waals surface area contributed by atoms with Crippen LogP contribution in [0.3, 0.4) is 0 Å². The number of carboxylic acids is 1. The summed E-state index contributed by atoms with van der Waals surface area (Å²) in [5.41, 5.74) is 0. The van der Waals surface area contributed by atoms with Gasteiger partial charge in [0.15, 0.2) is 5.76 Å². The van der Waals surface area contributed by atoms with E-state index in [1.54, 1.807) is 6.92 Å². The smallest absolute Gasteiger partial charge is 0.303 e. The van der Waals surface area contributed by atoms with Gasteiger partial charge in [0.25, 0.3) is 15.9 Å². The van der Waals surface area contributed by atoms with Crippen LogP contribution in [0.25, 0.3) is 0 Å². The van der Waals surface area contributed by atoms with Gasteiger partial charge in [0, 0.05) is 13.0 Å². The van der Waals surface area contributed by atoms with Gasteiger partial charge >= 0.3 is 5.97 Å². The van der Waals surface area contributed by atoms with Gasteiger partial charge in [0.05, 0.1) is 0 Å². The molecule has 112 valence electrons. The van der Waals surface area contributed by atoms with Gasteiger partial charge in [-0.25, -0.2) is 13.1 Å². The van der Waals surface area contributed by atoms with Crippen LogP contribution >= 0.6 is 0 Å². The fourth-order valence-corrected chi connectivity index (χ4v) is 2.06. The molecular weight excluding hydrogens is 288 g/mol. The maximum Gasteiger partial charge on any atom is 0.303 e. The second kappa shape index (κ2) is 6.53. The van der Waals surface area contributed by atoms with Crippen molar-refractivity contribution in [3.05, 3.63) is 17.9 Å². The molecule has 1 unspecified atom stereocenters. The maximum absolute atomic E-state index is 11.7. The first-order valence-electron chi connectivity index (χ1n) is 5.79. The molecular formula is C11H16N2O6S. The van der Waals surface area contributed by atoms with Gasteiger partial charge in [-0.2, -0.15) is 0 Å². The molecule has 1 aromatic heterocycles. The van der Waals surface area contributed by atoms with Crippen molar-refractivity contribution >= 4 is 21.9 Å². The lowest BCUT2D eigenvalue weighted by molar-refractivity contribution is -0.137. The van der Waals surface area contributed by atoms with Gasteiger partial charge in [-0.3, -0.25) is 9.59 Å². The molecule has 8 nitrogen and oxygen atoms in total. The molecule has 20 heavy (non-hydrogen) atoms. The highest BCUT2D eigenvalue weighted by atomic mass is 32.2. The van der Waals surface area contributed by atoms with Gasteiger partial charge in [0.1, 0.15) is 0 Å². The van der Waals surface area contributed by atoms with Crippen molar-refractivity contribution in [2.45, 2.75) is 18.4 Å². The highest BCUT2D eigenvalue weighted by molar-refractivity contribution is 7.89. The highest BCUT2D eigenvalue weighted by Gasteiger charge is 2.19. The summed E-state index contributed by atoms with van der Waals surface area (Å²) >= 11 is 0. The lowest BCUT2D eigenvalue weighted by Gasteiger charge is -2.08. The molecule has 0 spiro atoms. The van der Waals surface area contributed by atoms with Gasteiger partial charge in [-0.05, 0) is 25.1 Å². The summed E-state index contributed by atoms with van der Waals surface area (Å²) in [7, 11) is -2.51. The second-order valence-electron chi connectivity index (χ2n) is 4.24. The zero-order valence-electron chi connectivity index (χ0n) is 11.0. The molecule has 0 bridgehead atoms. The number of furan rings is 1. The SMILES string of the molecule is CNS(=O)(=O)c1ccc(C(=O)NCC(C)CC(=O)O)o1. The largest absolute Gasteiger partial charge is 0.481 e. The van der Waals surface area contributed by atoms with Crippen LogP contribution in [0.2, 0.25) is 0 Å². The van der Waals surface area contributed by atoms with Crippen molar-refractivity contribution in [3.63, 3.8) is 0 Å². The number of rotatable bonds is 7. The van der Waals surface area contributed by atoms with E-state index in [1.807, 2.05) is 0 Å². The van der Waals surface area contributed by atoms with Crippen molar-refractivity contribution < 1.29 is 27.5 Å². The Bertz CT molecular complexity index is 592. The molecule has 1 atom stereocenters. The zero-order chi connectivity index (χ0) is 15.3. The molecule has 1 amide bonds. The van der Waals surface area contributed by atoms with Crippen LogP contribution in [0, 0.1) is 5.92 Å². The molecule has 0 saturated carbocycles. The number of carbonyl (C=O) groups is 2. The molecule has 3 N–H and O–H groups in total. The summed E-state index contributed by atoms with van der Waals surface area (Å²) in [5, 5.41) is 10.7. The van der Waals surface area contributed by atoms with Crippen LogP contribution in [0.15, 0.2) is 21.6 Å². The van der Waals surface area contributed by atoms with Crippen molar-refractivity contribution in [3.8, 4) is 0 Å². The molecule has 1 aromatic rings. The monoisotopic (exact) mass is 304 g/mol. The van der Waals surface area contributed by atoms with E-state index in [0.717, 1.165) is 0 Å². The van der Waals surface area contributed by atoms with E-state index in [4.69, 9.17) is 9.52 Å². The third-order valence-electron chi connectivity index (χ3n) is 2.47. The first-order chi connectivity index (χ1) is 9.26. The number of aliphatic carboxylic acids is 1. The molecule has 1 rings (SSSR count). The Morgan fingerprint density at radius 2 is 2.05 bits per heavy atom. The van der Waals surface area contributed by atoms with Gasteiger partial charge < -0.3 is 14.8 Å². The predicted octanol–water partition coefficient (Wildman–Crippen LogP) is 0.0283. The average molecular weight is 304 g/mol. The Morgan fingerprint density at radius 1 is 1.40 bits per heavy atom. The summed E-state index contributed by atoms with van der Waals surface area (Å²) in [5.74, 6) is -1.94. The molecule has 1 heterocycles. The van der Waals surface area contributed by atoms with Gasteiger partial charge in [-0.15, -0.1) is 0 Å². The first-order valence-corrected chi connectivity index (χ1v) is 7.28. The molecule has 0 radical (unpaired) electrons. The number of hydrogen-bond acceptors (Lipinski definition) is 5. The van der Waals surface area contributed by atoms with Crippen LogP contribution in [0.4, 0.5) is 0 Å². The Balaban J connectivity index is 2.63. The Labute approximate surface area is 116 Å². The van der Waals surface area contributed by atoms with Crippen LogP contribution < -0.4 is 10.0 Å². The number of amides is 1. The molecule has 9 heteroatoms. The summed E-state index contributed by atoms with van der Waals surface area (Å²) in [6.07, 6.45) is -0.0716. The number of hydrogen-bond donors (Lipinski definition) is 3. The Morgan fingerprint density at radius 3 is 2.60 bits per heavy atom. The van der Waals surface area contributed by atoms with Gasteiger partial charge in [-0.1, -0.05) is 6.92 Å². The molecule has 0 aliphatic heterocycles. The summed E-state index contributed by atoms with van der Waals surface area (Å²) in [6.45, 7) is 1.83. The topological polar surface area (TPSA) is 126 Å². The van der Waals surface area contributed by atoms with Crippen LogP contribution in [-0.2, 0) is 14.8 Å². The van der Waals surface area contributed by atoms with Gasteiger partial charge in [0.2, 0.25) is 5.09 Å². The summed E-state index contributed by atoms with van der Waals surface area (Å²) in [4.78, 5) is 22.2. The van der Waals surface area contributed by atoms with Crippen molar-refractivity contribution in [1.29, 1.82) is 0 Å². The van der Waals surface area contributed by atoms with E-state index in [-0.39, 0.29) is 29.7 Å². The first kappa shape index (κ1) is 16.2. The molecule has 0 aliphatic rings. The normalized spacial score (nSPS) is 12.9. The van der Waals surface area contributed by atoms with Crippen LogP contribution in [0.5, 0.6) is 0 Å². The minimum atomic E-state index is -3.73. The zero-order valence-corrected chi connectivity index (χ0v) is 11.9. The minimum absolute atomic E-state index is 0.0716. The molecule has 0 fully saturated rings. The maximum atomic E-state index is 11.7. The quantitative estimate of drug-likeness (QED) is 0.652.